The summed E-state index contributed by atoms with van der Waals surface area (Å²) < 4.78 is 5.70. The molecule has 5 nitrogen and oxygen atoms in total. The third-order valence-corrected chi connectivity index (χ3v) is 4.74. The van der Waals surface area contributed by atoms with E-state index in [0.29, 0.717) is 23.3 Å². The average molecular weight is 343 g/mol. The van der Waals surface area contributed by atoms with Gasteiger partial charge in [-0.05, 0) is 35.2 Å². The van der Waals surface area contributed by atoms with Crippen LogP contribution in [0.25, 0.3) is 0 Å². The molecule has 1 N–H and O–H groups in total. The zero-order valence-electron chi connectivity index (χ0n) is 11.3. The number of carbonyl (C=O) groups is 1. The summed E-state index contributed by atoms with van der Waals surface area (Å²) in [6.45, 7) is 3.11. The highest BCUT2D eigenvalue weighted by molar-refractivity contribution is 9.10. The van der Waals surface area contributed by atoms with Crippen molar-refractivity contribution in [3.63, 3.8) is 0 Å². The van der Waals surface area contributed by atoms with Crippen LogP contribution in [0.5, 0.6) is 0 Å². The topological polar surface area (TPSA) is 56.9 Å². The Hall–Kier alpha value is -0.850. The summed E-state index contributed by atoms with van der Waals surface area (Å²) in [6.07, 6.45) is 4.38. The van der Waals surface area contributed by atoms with Crippen LogP contribution in [0.2, 0.25) is 0 Å². The zero-order chi connectivity index (χ0) is 14.1. The molecule has 0 radical (unpaired) electrons. The summed E-state index contributed by atoms with van der Waals surface area (Å²) in [6, 6.07) is 1.99. The molecule has 0 unspecified atom stereocenters. The highest BCUT2D eigenvalue weighted by atomic mass is 79.9. The van der Waals surface area contributed by atoms with Gasteiger partial charge in [0.15, 0.2) is 4.67 Å². The molecule has 2 fully saturated rings. The van der Waals surface area contributed by atoms with E-state index < -0.39 is 0 Å². The van der Waals surface area contributed by atoms with Gasteiger partial charge in [-0.25, -0.2) is 0 Å². The summed E-state index contributed by atoms with van der Waals surface area (Å²) in [5.74, 6) is 0.0195. The maximum Gasteiger partial charge on any atom is 0.257 e. The molecular weight excluding hydrogens is 324 g/mol. The number of hydrogen-bond donors (Lipinski definition) is 1. The van der Waals surface area contributed by atoms with Gasteiger partial charge in [-0.3, -0.25) is 9.69 Å². The lowest BCUT2D eigenvalue weighted by Gasteiger charge is -2.39. The lowest BCUT2D eigenvalue weighted by molar-refractivity contribution is 0.0315. The minimum atomic E-state index is -0.193. The molecule has 1 aromatic heterocycles. The minimum absolute atomic E-state index is 0.0195. The maximum atomic E-state index is 12.3. The predicted molar refractivity (Wildman–Crippen MR) is 77.5 cm³/mol. The van der Waals surface area contributed by atoms with E-state index in [1.807, 2.05) is 4.90 Å². The van der Waals surface area contributed by atoms with Crippen LogP contribution in [-0.4, -0.2) is 59.1 Å². The van der Waals surface area contributed by atoms with E-state index in [2.05, 4.69) is 20.8 Å². The standard InChI is InChI=1S/C14H19BrN2O3/c15-13-8-10(9-20-13)14(19)17-6-4-16(5-7-17)11-2-1-3-12(11)18/h8-9,11-12,18H,1-7H2/t11-,12+/m1/s1. The first-order valence-electron chi connectivity index (χ1n) is 7.10. The van der Waals surface area contributed by atoms with Crippen LogP contribution in [-0.2, 0) is 0 Å². The molecule has 0 aromatic carbocycles. The fourth-order valence-corrected chi connectivity index (χ4v) is 3.55. The van der Waals surface area contributed by atoms with Gasteiger partial charge >= 0.3 is 0 Å². The van der Waals surface area contributed by atoms with Crippen LogP contribution < -0.4 is 0 Å². The van der Waals surface area contributed by atoms with Crippen LogP contribution in [0, 0.1) is 0 Å². The molecule has 2 heterocycles. The van der Waals surface area contributed by atoms with E-state index in [1.54, 1.807) is 6.07 Å². The van der Waals surface area contributed by atoms with Crippen molar-refractivity contribution >= 4 is 21.8 Å². The molecule has 1 aromatic rings. The molecule has 20 heavy (non-hydrogen) atoms. The Labute approximate surface area is 126 Å². The third-order valence-electron chi connectivity index (χ3n) is 4.33. The molecule has 1 aliphatic carbocycles. The number of rotatable bonds is 2. The van der Waals surface area contributed by atoms with Gasteiger partial charge in [0, 0.05) is 38.3 Å². The Bertz CT molecular complexity index is 483. The Balaban J connectivity index is 1.57. The Morgan fingerprint density at radius 2 is 2.05 bits per heavy atom. The summed E-state index contributed by atoms with van der Waals surface area (Å²) in [7, 11) is 0. The normalized spacial score (nSPS) is 28.0. The van der Waals surface area contributed by atoms with Crippen LogP contribution in [0.4, 0.5) is 0 Å². The van der Waals surface area contributed by atoms with Gasteiger partial charge in [0.05, 0.1) is 11.7 Å². The Kier molecular flexibility index (Phi) is 4.14. The van der Waals surface area contributed by atoms with Gasteiger partial charge in [0.25, 0.3) is 5.91 Å². The summed E-state index contributed by atoms with van der Waals surface area (Å²) in [4.78, 5) is 16.5. The number of aliphatic hydroxyl groups excluding tert-OH is 1. The van der Waals surface area contributed by atoms with Gasteiger partial charge in [-0.15, -0.1) is 0 Å². The summed E-state index contributed by atoms with van der Waals surface area (Å²) in [5.41, 5.74) is 0.589. The van der Waals surface area contributed by atoms with Gasteiger partial charge in [0.1, 0.15) is 6.26 Å². The minimum Gasteiger partial charge on any atom is -0.457 e. The SMILES string of the molecule is O=C(c1coc(Br)c1)N1CCN([C@@H]2CCC[C@@H]2O)CC1. The number of hydrogen-bond acceptors (Lipinski definition) is 4. The van der Waals surface area contributed by atoms with Gasteiger partial charge < -0.3 is 14.4 Å². The quantitative estimate of drug-likeness (QED) is 0.888. The Morgan fingerprint density at radius 3 is 2.60 bits per heavy atom. The summed E-state index contributed by atoms with van der Waals surface area (Å²) in [5, 5.41) is 9.96. The highest BCUT2D eigenvalue weighted by Gasteiger charge is 2.33. The first-order valence-corrected chi connectivity index (χ1v) is 7.90. The predicted octanol–water partition coefficient (Wildman–Crippen LogP) is 1.71. The van der Waals surface area contributed by atoms with Crippen molar-refractivity contribution in [1.82, 2.24) is 9.80 Å². The molecule has 2 atom stereocenters. The second kappa shape index (κ2) is 5.87. The van der Waals surface area contributed by atoms with E-state index >= 15 is 0 Å². The van der Waals surface area contributed by atoms with Crippen molar-refractivity contribution in [1.29, 1.82) is 0 Å². The number of halogens is 1. The van der Waals surface area contributed by atoms with E-state index in [1.165, 1.54) is 6.26 Å². The molecule has 2 aliphatic rings. The molecule has 1 saturated heterocycles. The van der Waals surface area contributed by atoms with Crippen molar-refractivity contribution in [2.24, 2.45) is 0 Å². The molecule has 3 rings (SSSR count). The fraction of sp³-hybridized carbons (Fsp3) is 0.643. The maximum absolute atomic E-state index is 12.3. The molecule has 6 heteroatoms. The van der Waals surface area contributed by atoms with E-state index in [-0.39, 0.29) is 18.1 Å². The molecule has 1 aliphatic heterocycles. The van der Waals surface area contributed by atoms with E-state index in [9.17, 15) is 9.90 Å². The zero-order valence-corrected chi connectivity index (χ0v) is 12.9. The van der Waals surface area contributed by atoms with Crippen LogP contribution in [0.15, 0.2) is 21.4 Å². The van der Waals surface area contributed by atoms with Crippen LogP contribution in [0.1, 0.15) is 29.6 Å². The summed E-state index contributed by atoms with van der Waals surface area (Å²) >= 11 is 3.21. The number of amides is 1. The molecular formula is C14H19BrN2O3. The molecule has 110 valence electrons. The first-order chi connectivity index (χ1) is 9.65. The largest absolute Gasteiger partial charge is 0.457 e. The number of nitrogens with zero attached hydrogens (tertiary/aromatic N) is 2. The lowest BCUT2D eigenvalue weighted by Crippen LogP contribution is -2.53. The molecule has 0 spiro atoms. The second-order valence-electron chi connectivity index (χ2n) is 5.53. The number of carbonyl (C=O) groups excluding carboxylic acids is 1. The number of aliphatic hydroxyl groups is 1. The molecule has 1 amide bonds. The van der Waals surface area contributed by atoms with Crippen LogP contribution >= 0.6 is 15.9 Å². The van der Waals surface area contributed by atoms with Crippen LogP contribution in [0.3, 0.4) is 0 Å². The van der Waals surface area contributed by atoms with Gasteiger partial charge in [0.2, 0.25) is 0 Å². The molecule has 0 bridgehead atoms. The smallest absolute Gasteiger partial charge is 0.257 e. The van der Waals surface area contributed by atoms with Crippen molar-refractivity contribution in [2.75, 3.05) is 26.2 Å². The van der Waals surface area contributed by atoms with Crippen molar-refractivity contribution in [3.05, 3.63) is 22.6 Å². The van der Waals surface area contributed by atoms with Crippen molar-refractivity contribution < 1.29 is 14.3 Å². The highest BCUT2D eigenvalue weighted by Crippen LogP contribution is 2.25. The fourth-order valence-electron chi connectivity index (χ4n) is 3.21. The van der Waals surface area contributed by atoms with Gasteiger partial charge in [-0.2, -0.15) is 0 Å². The van der Waals surface area contributed by atoms with Crippen molar-refractivity contribution in [2.45, 2.75) is 31.4 Å². The Morgan fingerprint density at radius 1 is 1.30 bits per heavy atom. The van der Waals surface area contributed by atoms with Crippen molar-refractivity contribution in [3.8, 4) is 0 Å². The number of furan rings is 1. The number of piperazine rings is 1. The van der Waals surface area contributed by atoms with E-state index in [0.717, 1.165) is 32.4 Å². The third kappa shape index (κ3) is 2.77. The lowest BCUT2D eigenvalue weighted by atomic mass is 10.1. The molecule has 1 saturated carbocycles. The van der Waals surface area contributed by atoms with Gasteiger partial charge in [-0.1, -0.05) is 0 Å². The average Bonchev–Trinajstić information content (AvgIpc) is 3.07. The first kappa shape index (κ1) is 14.1. The van der Waals surface area contributed by atoms with E-state index in [4.69, 9.17) is 4.42 Å². The monoisotopic (exact) mass is 342 g/mol. The second-order valence-corrected chi connectivity index (χ2v) is 6.31.